The molecule has 1 aromatic carbocycles. The van der Waals surface area contributed by atoms with Crippen molar-refractivity contribution in [1.82, 2.24) is 9.97 Å². The van der Waals surface area contributed by atoms with Gasteiger partial charge in [0.25, 0.3) is 5.91 Å². The van der Waals surface area contributed by atoms with Gasteiger partial charge in [-0.3, -0.25) is 4.79 Å². The Morgan fingerprint density at radius 3 is 2.84 bits per heavy atom. The minimum atomic E-state index is -0.193. The number of hydrogen-bond donors (Lipinski definition) is 1. The Kier molecular flexibility index (Phi) is 5.31. The number of amides is 1. The molecule has 3 rings (SSSR count). The molecule has 1 unspecified atom stereocenters. The maximum Gasteiger partial charge on any atom is 0.274 e. The molecule has 2 heterocycles. The summed E-state index contributed by atoms with van der Waals surface area (Å²) in [5.74, 6) is 1.64. The molecule has 1 N–H and O–H groups in total. The Morgan fingerprint density at radius 2 is 2.08 bits per heavy atom. The van der Waals surface area contributed by atoms with Crippen LogP contribution < -0.4 is 10.2 Å². The monoisotopic (exact) mass is 338 g/mol. The third-order valence-electron chi connectivity index (χ3n) is 4.70. The summed E-state index contributed by atoms with van der Waals surface area (Å²) in [7, 11) is 0. The van der Waals surface area contributed by atoms with Gasteiger partial charge in [0.15, 0.2) is 0 Å². The van der Waals surface area contributed by atoms with Crippen LogP contribution in [0.5, 0.6) is 0 Å². The normalized spacial score (nSPS) is 17.6. The molecule has 25 heavy (non-hydrogen) atoms. The van der Waals surface area contributed by atoms with Crippen molar-refractivity contribution in [3.63, 3.8) is 0 Å². The van der Waals surface area contributed by atoms with Gasteiger partial charge < -0.3 is 10.2 Å². The molecule has 132 valence electrons. The molecule has 1 fully saturated rings. The Balaban J connectivity index is 1.78. The van der Waals surface area contributed by atoms with Gasteiger partial charge in [0.1, 0.15) is 17.8 Å². The van der Waals surface area contributed by atoms with E-state index in [4.69, 9.17) is 0 Å². The van der Waals surface area contributed by atoms with E-state index in [0.717, 1.165) is 36.6 Å². The second-order valence-electron chi connectivity index (χ2n) is 7.15. The fourth-order valence-electron chi connectivity index (χ4n) is 3.34. The van der Waals surface area contributed by atoms with Gasteiger partial charge in [0.05, 0.1) is 0 Å². The quantitative estimate of drug-likeness (QED) is 0.912. The van der Waals surface area contributed by atoms with Crippen LogP contribution in [0.4, 0.5) is 11.5 Å². The largest absolute Gasteiger partial charge is 0.356 e. The Hall–Kier alpha value is -2.43. The first-order valence-electron chi connectivity index (χ1n) is 9.02. The molecule has 5 heteroatoms. The zero-order valence-electron chi connectivity index (χ0n) is 15.2. The molecule has 5 nitrogen and oxygen atoms in total. The van der Waals surface area contributed by atoms with Crippen LogP contribution in [0.2, 0.25) is 0 Å². The lowest BCUT2D eigenvalue weighted by Gasteiger charge is -2.31. The van der Waals surface area contributed by atoms with Crippen LogP contribution in [0.25, 0.3) is 0 Å². The zero-order chi connectivity index (χ0) is 17.8. The third-order valence-corrected chi connectivity index (χ3v) is 4.70. The molecule has 0 aliphatic carbocycles. The van der Waals surface area contributed by atoms with Crippen molar-refractivity contribution in [2.24, 2.45) is 5.92 Å². The molecule has 1 aliphatic rings. The van der Waals surface area contributed by atoms with Gasteiger partial charge in [0, 0.05) is 24.8 Å². The second kappa shape index (κ2) is 7.64. The van der Waals surface area contributed by atoms with Gasteiger partial charge in [-0.15, -0.1) is 0 Å². The van der Waals surface area contributed by atoms with Crippen LogP contribution in [-0.2, 0) is 0 Å². The van der Waals surface area contributed by atoms with Crippen molar-refractivity contribution < 1.29 is 4.79 Å². The van der Waals surface area contributed by atoms with Crippen LogP contribution in [0.1, 0.15) is 55.6 Å². The lowest BCUT2D eigenvalue weighted by molar-refractivity contribution is 0.102. The van der Waals surface area contributed by atoms with E-state index in [1.165, 1.54) is 12.7 Å². The average Bonchev–Trinajstić information content (AvgIpc) is 2.62. The number of benzene rings is 1. The number of anilines is 2. The maximum absolute atomic E-state index is 12.7. The topological polar surface area (TPSA) is 58.1 Å². The van der Waals surface area contributed by atoms with E-state index >= 15 is 0 Å². The first-order valence-corrected chi connectivity index (χ1v) is 9.02. The van der Waals surface area contributed by atoms with Gasteiger partial charge >= 0.3 is 0 Å². The van der Waals surface area contributed by atoms with E-state index < -0.39 is 0 Å². The fraction of sp³-hybridized carbons (Fsp3) is 0.450. The van der Waals surface area contributed by atoms with Crippen molar-refractivity contribution >= 4 is 17.4 Å². The molecular weight excluding hydrogens is 312 g/mol. The van der Waals surface area contributed by atoms with Crippen LogP contribution in [0.3, 0.4) is 0 Å². The predicted molar refractivity (Wildman–Crippen MR) is 101 cm³/mol. The lowest BCUT2D eigenvalue weighted by Crippen LogP contribution is -2.35. The summed E-state index contributed by atoms with van der Waals surface area (Å²) in [6, 6.07) is 9.70. The van der Waals surface area contributed by atoms with Gasteiger partial charge in [-0.25, -0.2) is 9.97 Å². The number of piperidine rings is 1. The van der Waals surface area contributed by atoms with Crippen LogP contribution >= 0.6 is 0 Å². The lowest BCUT2D eigenvalue weighted by atomic mass is 10.0. The molecule has 0 bridgehead atoms. The highest BCUT2D eigenvalue weighted by molar-refractivity contribution is 6.03. The summed E-state index contributed by atoms with van der Waals surface area (Å²) in [5, 5.41) is 3.00. The van der Waals surface area contributed by atoms with Crippen molar-refractivity contribution in [2.45, 2.75) is 39.5 Å². The third kappa shape index (κ3) is 4.16. The number of nitrogens with one attached hydrogen (secondary N) is 1. The Morgan fingerprint density at radius 1 is 1.28 bits per heavy atom. The number of rotatable bonds is 4. The first-order chi connectivity index (χ1) is 12.0. The number of aromatic nitrogens is 2. The smallest absolute Gasteiger partial charge is 0.274 e. The van der Waals surface area contributed by atoms with Gasteiger partial charge in [0.2, 0.25) is 0 Å². The highest BCUT2D eigenvalue weighted by atomic mass is 16.1. The number of hydrogen-bond acceptors (Lipinski definition) is 4. The molecule has 2 aromatic rings. The van der Waals surface area contributed by atoms with E-state index in [0.29, 0.717) is 17.5 Å². The second-order valence-corrected chi connectivity index (χ2v) is 7.15. The summed E-state index contributed by atoms with van der Waals surface area (Å²) < 4.78 is 0. The molecule has 1 saturated heterocycles. The molecule has 1 aromatic heterocycles. The number of carbonyl (C=O) groups is 1. The minimum Gasteiger partial charge on any atom is -0.356 e. The van der Waals surface area contributed by atoms with Crippen molar-refractivity contribution in [1.29, 1.82) is 0 Å². The summed E-state index contributed by atoms with van der Waals surface area (Å²) >= 11 is 0. The molecule has 1 amide bonds. The highest BCUT2D eigenvalue weighted by Gasteiger charge is 2.19. The predicted octanol–water partition coefficient (Wildman–Crippen LogP) is 4.09. The zero-order valence-corrected chi connectivity index (χ0v) is 15.2. The van der Waals surface area contributed by atoms with E-state index in [9.17, 15) is 4.79 Å². The molecular formula is C20H26N4O. The summed E-state index contributed by atoms with van der Waals surface area (Å²) in [5.41, 5.74) is 2.37. The summed E-state index contributed by atoms with van der Waals surface area (Å²) in [4.78, 5) is 23.5. The number of para-hydroxylation sites is 1. The fourth-order valence-corrected chi connectivity index (χ4v) is 3.34. The number of nitrogens with zero attached hydrogens (tertiary/aromatic N) is 3. The molecule has 0 spiro atoms. The Labute approximate surface area is 149 Å². The summed E-state index contributed by atoms with van der Waals surface area (Å²) in [6.45, 7) is 8.45. The highest BCUT2D eigenvalue weighted by Crippen LogP contribution is 2.25. The number of carbonyl (C=O) groups excluding carboxylic acids is 1. The molecule has 0 saturated carbocycles. The van der Waals surface area contributed by atoms with Gasteiger partial charge in [-0.1, -0.05) is 39.0 Å². The van der Waals surface area contributed by atoms with Gasteiger partial charge in [-0.05, 0) is 36.3 Å². The van der Waals surface area contributed by atoms with E-state index in [1.807, 2.05) is 24.3 Å². The van der Waals surface area contributed by atoms with Crippen LogP contribution in [-0.4, -0.2) is 29.0 Å². The van der Waals surface area contributed by atoms with Gasteiger partial charge in [-0.2, -0.15) is 0 Å². The molecule has 1 atom stereocenters. The Bertz CT molecular complexity index is 744. The molecule has 0 radical (unpaired) electrons. The van der Waals surface area contributed by atoms with Crippen LogP contribution in [0.15, 0.2) is 36.7 Å². The van der Waals surface area contributed by atoms with Crippen molar-refractivity contribution in [2.75, 3.05) is 23.3 Å². The summed E-state index contributed by atoms with van der Waals surface area (Å²) in [6.07, 6.45) is 3.90. The van der Waals surface area contributed by atoms with Crippen molar-refractivity contribution in [3.8, 4) is 0 Å². The van der Waals surface area contributed by atoms with Crippen molar-refractivity contribution in [3.05, 3.63) is 47.9 Å². The van der Waals surface area contributed by atoms with Crippen LogP contribution in [0, 0.1) is 5.92 Å². The van der Waals surface area contributed by atoms with E-state index in [2.05, 4.69) is 41.0 Å². The van der Waals surface area contributed by atoms with E-state index in [1.54, 1.807) is 6.07 Å². The average molecular weight is 338 g/mol. The first kappa shape index (κ1) is 17.4. The molecule has 1 aliphatic heterocycles. The SMILES string of the molecule is CC1CCCN(c2cc(C(=O)Nc3ccccc3C(C)C)ncn2)C1. The standard InChI is InChI=1S/C20H26N4O/c1-14(2)16-8-4-5-9-17(16)23-20(25)18-11-19(22-13-21-18)24-10-6-7-15(3)12-24/h4-5,8-9,11,13-15H,6-7,10,12H2,1-3H3,(H,23,25). The minimum absolute atomic E-state index is 0.193. The maximum atomic E-state index is 12.7. The van der Waals surface area contributed by atoms with E-state index in [-0.39, 0.29) is 5.91 Å².